The summed E-state index contributed by atoms with van der Waals surface area (Å²) in [5, 5.41) is 10.9. The van der Waals surface area contributed by atoms with Crippen LogP contribution in [-0.4, -0.2) is 33.0 Å². The molecule has 3 aromatic rings. The minimum atomic E-state index is -0.527. The lowest BCUT2D eigenvalue weighted by molar-refractivity contribution is -0.126. The first kappa shape index (κ1) is 16.2. The van der Waals surface area contributed by atoms with Gasteiger partial charge in [0, 0.05) is 19.2 Å². The highest BCUT2D eigenvalue weighted by atomic mass is 19.1. The number of aromatic nitrogens is 3. The minimum Gasteiger partial charge on any atom is -0.348 e. The summed E-state index contributed by atoms with van der Waals surface area (Å²) in [6, 6.07) is 11.6. The van der Waals surface area contributed by atoms with Crippen LogP contribution in [0.2, 0.25) is 0 Å². The molecule has 1 N–H and O–H groups in total. The predicted octanol–water partition coefficient (Wildman–Crippen LogP) is 1.54. The third-order valence-corrected chi connectivity index (χ3v) is 4.44. The van der Waals surface area contributed by atoms with Crippen LogP contribution in [0.5, 0.6) is 0 Å². The molecule has 132 valence electrons. The van der Waals surface area contributed by atoms with Gasteiger partial charge in [-0.2, -0.15) is 0 Å². The number of nitrogens with one attached hydrogen (secondary N) is 1. The second-order valence-electron chi connectivity index (χ2n) is 6.12. The number of amides is 2. The first-order chi connectivity index (χ1) is 12.6. The largest absolute Gasteiger partial charge is 0.348 e. The lowest BCUT2D eigenvalue weighted by atomic mass is 10.1. The second kappa shape index (κ2) is 6.55. The van der Waals surface area contributed by atoms with Crippen molar-refractivity contribution < 1.29 is 14.0 Å². The Morgan fingerprint density at radius 2 is 2.00 bits per heavy atom. The molecule has 1 aliphatic rings. The quantitative estimate of drug-likeness (QED) is 0.772. The van der Waals surface area contributed by atoms with E-state index in [1.54, 1.807) is 16.5 Å². The summed E-state index contributed by atoms with van der Waals surface area (Å²) < 4.78 is 15.7. The number of halogens is 1. The summed E-state index contributed by atoms with van der Waals surface area (Å²) in [5.41, 5.74) is 0.898. The molecule has 1 atom stereocenters. The number of para-hydroxylation sites is 1. The molecule has 0 radical (unpaired) electrons. The van der Waals surface area contributed by atoms with E-state index in [1.807, 2.05) is 24.4 Å². The van der Waals surface area contributed by atoms with Gasteiger partial charge in [0.1, 0.15) is 5.82 Å². The Morgan fingerprint density at radius 3 is 2.85 bits per heavy atom. The number of hydrogen-bond acceptors (Lipinski definition) is 4. The number of anilines is 1. The Hall–Kier alpha value is -3.29. The lowest BCUT2D eigenvalue weighted by Gasteiger charge is -2.17. The van der Waals surface area contributed by atoms with Gasteiger partial charge < -0.3 is 10.2 Å². The van der Waals surface area contributed by atoms with Gasteiger partial charge in [0.2, 0.25) is 11.8 Å². The maximum absolute atomic E-state index is 13.9. The molecule has 1 aliphatic heterocycles. The Balaban J connectivity index is 1.43. The summed E-state index contributed by atoms with van der Waals surface area (Å²) >= 11 is 0. The number of hydrogen-bond donors (Lipinski definition) is 1. The standard InChI is InChI=1S/C18H16FN5O2/c19-13-5-1-2-6-14(13)24-11-12(9-17(24)25)18(26)20-10-16-22-21-15-7-3-4-8-23(15)16/h1-8,12H,9-11H2,(H,20,26)/t12-/m1/s1. The highest BCUT2D eigenvalue weighted by Crippen LogP contribution is 2.27. The van der Waals surface area contributed by atoms with Crippen LogP contribution in [0.4, 0.5) is 10.1 Å². The molecule has 0 bridgehead atoms. The molecule has 26 heavy (non-hydrogen) atoms. The van der Waals surface area contributed by atoms with Gasteiger partial charge in [0.25, 0.3) is 0 Å². The Kier molecular flexibility index (Phi) is 4.08. The van der Waals surface area contributed by atoms with Crippen molar-refractivity contribution in [3.8, 4) is 0 Å². The molecule has 0 aliphatic carbocycles. The summed E-state index contributed by atoms with van der Waals surface area (Å²) in [4.78, 5) is 26.0. The Morgan fingerprint density at radius 1 is 1.19 bits per heavy atom. The third kappa shape index (κ3) is 2.90. The highest BCUT2D eigenvalue weighted by Gasteiger charge is 2.36. The van der Waals surface area contributed by atoms with Crippen LogP contribution in [0.3, 0.4) is 0 Å². The molecule has 4 rings (SSSR count). The molecule has 0 spiro atoms. The third-order valence-electron chi connectivity index (χ3n) is 4.44. The molecule has 1 fully saturated rings. The van der Waals surface area contributed by atoms with Crippen molar-refractivity contribution >= 4 is 23.1 Å². The summed E-state index contributed by atoms with van der Waals surface area (Å²) in [7, 11) is 0. The monoisotopic (exact) mass is 353 g/mol. The smallest absolute Gasteiger partial charge is 0.227 e. The molecule has 2 amide bonds. The maximum atomic E-state index is 13.9. The zero-order chi connectivity index (χ0) is 18.1. The van der Waals surface area contributed by atoms with E-state index in [2.05, 4.69) is 15.5 Å². The maximum Gasteiger partial charge on any atom is 0.227 e. The number of rotatable bonds is 4. The first-order valence-electron chi connectivity index (χ1n) is 8.25. The van der Waals surface area contributed by atoms with Crippen molar-refractivity contribution in [1.82, 2.24) is 19.9 Å². The van der Waals surface area contributed by atoms with Gasteiger partial charge in [-0.3, -0.25) is 14.0 Å². The van der Waals surface area contributed by atoms with Gasteiger partial charge in [-0.1, -0.05) is 18.2 Å². The van der Waals surface area contributed by atoms with E-state index < -0.39 is 11.7 Å². The van der Waals surface area contributed by atoms with Crippen LogP contribution < -0.4 is 10.2 Å². The average molecular weight is 353 g/mol. The fourth-order valence-corrected chi connectivity index (χ4v) is 3.11. The molecule has 3 heterocycles. The summed E-state index contributed by atoms with van der Waals surface area (Å²) in [6.07, 6.45) is 1.87. The van der Waals surface area contributed by atoms with E-state index in [0.29, 0.717) is 11.5 Å². The van der Waals surface area contributed by atoms with Crippen molar-refractivity contribution in [2.24, 2.45) is 5.92 Å². The van der Waals surface area contributed by atoms with E-state index in [1.165, 1.54) is 17.0 Å². The SMILES string of the molecule is O=C(NCc1nnc2ccccn12)[C@@H]1CC(=O)N(c2ccccc2F)C1. The number of benzene rings is 1. The molecule has 0 saturated carbocycles. The van der Waals surface area contributed by atoms with Gasteiger partial charge in [0.15, 0.2) is 11.5 Å². The minimum absolute atomic E-state index is 0.0563. The Bertz CT molecular complexity index is 986. The molecule has 1 aromatic carbocycles. The molecular formula is C18H16FN5O2. The lowest BCUT2D eigenvalue weighted by Crippen LogP contribution is -2.33. The zero-order valence-electron chi connectivity index (χ0n) is 13.8. The summed E-state index contributed by atoms with van der Waals surface area (Å²) in [5.74, 6) is -0.921. The van der Waals surface area contributed by atoms with Crippen molar-refractivity contribution in [1.29, 1.82) is 0 Å². The topological polar surface area (TPSA) is 79.6 Å². The molecule has 0 unspecified atom stereocenters. The van der Waals surface area contributed by atoms with Crippen molar-refractivity contribution in [3.05, 3.63) is 60.3 Å². The van der Waals surface area contributed by atoms with E-state index in [-0.39, 0.29) is 37.0 Å². The Labute approximate surface area is 148 Å². The van der Waals surface area contributed by atoms with Crippen LogP contribution in [0, 0.1) is 11.7 Å². The molecular weight excluding hydrogens is 337 g/mol. The fourth-order valence-electron chi connectivity index (χ4n) is 3.11. The van der Waals surface area contributed by atoms with Crippen molar-refractivity contribution in [2.45, 2.75) is 13.0 Å². The highest BCUT2D eigenvalue weighted by molar-refractivity contribution is 6.00. The first-order valence-corrected chi connectivity index (χ1v) is 8.25. The number of pyridine rings is 1. The second-order valence-corrected chi connectivity index (χ2v) is 6.12. The van der Waals surface area contributed by atoms with Crippen LogP contribution in [0.1, 0.15) is 12.2 Å². The van der Waals surface area contributed by atoms with Gasteiger partial charge >= 0.3 is 0 Å². The normalized spacial score (nSPS) is 17.0. The van der Waals surface area contributed by atoms with E-state index in [4.69, 9.17) is 0 Å². The van der Waals surface area contributed by atoms with Crippen LogP contribution in [0.25, 0.3) is 5.65 Å². The zero-order valence-corrected chi connectivity index (χ0v) is 13.8. The number of fused-ring (bicyclic) bond motifs is 1. The summed E-state index contributed by atoms with van der Waals surface area (Å²) in [6.45, 7) is 0.362. The van der Waals surface area contributed by atoms with Crippen LogP contribution in [-0.2, 0) is 16.1 Å². The molecule has 1 saturated heterocycles. The predicted molar refractivity (Wildman–Crippen MR) is 91.7 cm³/mol. The van der Waals surface area contributed by atoms with Crippen LogP contribution in [0.15, 0.2) is 48.7 Å². The number of carbonyl (C=O) groups is 2. The molecule has 7 nitrogen and oxygen atoms in total. The van der Waals surface area contributed by atoms with Gasteiger partial charge in [0.05, 0.1) is 18.2 Å². The van der Waals surface area contributed by atoms with Gasteiger partial charge in [-0.25, -0.2) is 4.39 Å². The van der Waals surface area contributed by atoms with Gasteiger partial charge in [-0.05, 0) is 24.3 Å². The van der Waals surface area contributed by atoms with E-state index in [0.717, 1.165) is 0 Å². The fraction of sp³-hybridized carbons (Fsp3) is 0.222. The van der Waals surface area contributed by atoms with E-state index >= 15 is 0 Å². The molecule has 2 aromatic heterocycles. The van der Waals surface area contributed by atoms with Crippen molar-refractivity contribution in [3.63, 3.8) is 0 Å². The molecule has 8 heteroatoms. The number of nitrogens with zero attached hydrogens (tertiary/aromatic N) is 4. The van der Waals surface area contributed by atoms with Crippen LogP contribution >= 0.6 is 0 Å². The average Bonchev–Trinajstić information content (AvgIpc) is 3.24. The van der Waals surface area contributed by atoms with Gasteiger partial charge in [-0.15, -0.1) is 10.2 Å². The number of carbonyl (C=O) groups excluding carboxylic acids is 2. The van der Waals surface area contributed by atoms with E-state index in [9.17, 15) is 14.0 Å². The van der Waals surface area contributed by atoms with Crippen molar-refractivity contribution in [2.75, 3.05) is 11.4 Å².